The molecule has 1 atom stereocenters. The third kappa shape index (κ3) is 3.60. The zero-order valence-electron chi connectivity index (χ0n) is 11.9. The quantitative estimate of drug-likeness (QED) is 0.844. The molecule has 2 nitrogen and oxygen atoms in total. The van der Waals surface area contributed by atoms with Gasteiger partial charge in [-0.3, -0.25) is 4.79 Å². The van der Waals surface area contributed by atoms with E-state index in [-0.39, 0.29) is 11.9 Å². The number of ketones is 1. The van der Waals surface area contributed by atoms with Gasteiger partial charge in [0.05, 0.1) is 0 Å². The van der Waals surface area contributed by atoms with Crippen molar-refractivity contribution < 1.29 is 9.53 Å². The molecule has 0 radical (unpaired) electrons. The molecule has 0 spiro atoms. The Bertz CT molecular complexity index is 629. The molecule has 0 aliphatic carbocycles. The summed E-state index contributed by atoms with van der Waals surface area (Å²) in [4.78, 5) is 11.9. The second-order valence-electron chi connectivity index (χ2n) is 5.31. The minimum atomic E-state index is -0.0297. The van der Waals surface area contributed by atoms with Gasteiger partial charge >= 0.3 is 0 Å². The molecule has 0 N–H and O–H groups in total. The molecule has 1 aliphatic rings. The number of ether oxygens (including phenoxy) is 1. The number of hydrogen-bond acceptors (Lipinski definition) is 2. The van der Waals surface area contributed by atoms with E-state index in [1.54, 1.807) is 6.08 Å². The number of carbonyl (C=O) groups excluding carboxylic acids is 1. The second kappa shape index (κ2) is 6.40. The van der Waals surface area contributed by atoms with E-state index < -0.39 is 0 Å². The lowest BCUT2D eigenvalue weighted by Crippen LogP contribution is -2.22. The van der Waals surface area contributed by atoms with Crippen LogP contribution in [0.4, 0.5) is 0 Å². The Hall–Kier alpha value is -2.35. The lowest BCUT2D eigenvalue weighted by molar-refractivity contribution is -0.117. The topological polar surface area (TPSA) is 26.3 Å². The van der Waals surface area contributed by atoms with Gasteiger partial charge in [0.15, 0.2) is 5.78 Å². The monoisotopic (exact) mass is 278 g/mol. The number of allylic oxidation sites excluding steroid dienone is 1. The Kier molecular flexibility index (Phi) is 4.15. The summed E-state index contributed by atoms with van der Waals surface area (Å²) in [6, 6.07) is 20.1. The first kappa shape index (κ1) is 13.6. The van der Waals surface area contributed by atoms with Crippen LogP contribution in [0.1, 0.15) is 24.0 Å². The van der Waals surface area contributed by atoms with Crippen LogP contribution < -0.4 is 0 Å². The summed E-state index contributed by atoms with van der Waals surface area (Å²) in [6.45, 7) is 0. The van der Waals surface area contributed by atoms with E-state index in [4.69, 9.17) is 4.74 Å². The van der Waals surface area contributed by atoms with Gasteiger partial charge in [-0.2, -0.15) is 0 Å². The maximum absolute atomic E-state index is 11.9. The molecule has 2 aromatic carbocycles. The third-order valence-electron chi connectivity index (χ3n) is 3.67. The SMILES string of the molecule is O=C1C=C(c2ccccc2)O[C@@H](CCc2ccccc2)C1. The predicted molar refractivity (Wildman–Crippen MR) is 83.7 cm³/mol. The predicted octanol–water partition coefficient (Wildman–Crippen LogP) is 4.02. The molecule has 0 bridgehead atoms. The Morgan fingerprint density at radius 2 is 1.62 bits per heavy atom. The van der Waals surface area contributed by atoms with Crippen LogP contribution in [0.15, 0.2) is 66.7 Å². The summed E-state index contributed by atoms with van der Waals surface area (Å²) < 4.78 is 6.00. The molecule has 0 amide bonds. The van der Waals surface area contributed by atoms with Crippen molar-refractivity contribution in [2.75, 3.05) is 0 Å². The molecular formula is C19H18O2. The minimum absolute atomic E-state index is 0.0297. The lowest BCUT2D eigenvalue weighted by Gasteiger charge is -2.24. The maximum atomic E-state index is 11.9. The Balaban J connectivity index is 1.66. The highest BCUT2D eigenvalue weighted by Gasteiger charge is 2.22. The minimum Gasteiger partial charge on any atom is -0.489 e. The van der Waals surface area contributed by atoms with Crippen LogP contribution in [0.25, 0.3) is 5.76 Å². The molecule has 0 saturated carbocycles. The number of rotatable bonds is 4. The summed E-state index contributed by atoms with van der Waals surface area (Å²) in [6.07, 6.45) is 3.86. The zero-order valence-corrected chi connectivity index (χ0v) is 11.9. The largest absolute Gasteiger partial charge is 0.489 e. The summed E-state index contributed by atoms with van der Waals surface area (Å²) in [5.41, 5.74) is 2.25. The molecule has 1 heterocycles. The smallest absolute Gasteiger partial charge is 0.163 e. The maximum Gasteiger partial charge on any atom is 0.163 e. The fourth-order valence-electron chi connectivity index (χ4n) is 2.57. The first-order chi connectivity index (χ1) is 10.3. The van der Waals surface area contributed by atoms with Gasteiger partial charge in [0.1, 0.15) is 11.9 Å². The number of benzene rings is 2. The van der Waals surface area contributed by atoms with Gasteiger partial charge in [0, 0.05) is 18.1 Å². The third-order valence-corrected chi connectivity index (χ3v) is 3.67. The average molecular weight is 278 g/mol. The molecule has 0 fully saturated rings. The highest BCUT2D eigenvalue weighted by Crippen LogP contribution is 2.26. The first-order valence-corrected chi connectivity index (χ1v) is 7.32. The van der Waals surface area contributed by atoms with E-state index in [2.05, 4.69) is 12.1 Å². The van der Waals surface area contributed by atoms with Crippen molar-refractivity contribution in [3.05, 3.63) is 77.9 Å². The number of carbonyl (C=O) groups is 1. The van der Waals surface area contributed by atoms with Gasteiger partial charge in [0.2, 0.25) is 0 Å². The highest BCUT2D eigenvalue weighted by atomic mass is 16.5. The Labute approximate surface area is 125 Å². The van der Waals surface area contributed by atoms with Crippen LogP contribution in [-0.2, 0) is 16.0 Å². The van der Waals surface area contributed by atoms with E-state index >= 15 is 0 Å². The molecule has 2 aromatic rings. The standard InChI is InChI=1S/C19H18O2/c20-17-13-18(12-11-15-7-3-1-4-8-15)21-19(14-17)16-9-5-2-6-10-16/h1-10,14,18H,11-13H2/t18-/m0/s1. The second-order valence-corrected chi connectivity index (χ2v) is 5.31. The number of hydrogen-bond donors (Lipinski definition) is 0. The molecule has 106 valence electrons. The van der Waals surface area contributed by atoms with Crippen molar-refractivity contribution in [2.45, 2.75) is 25.4 Å². The van der Waals surface area contributed by atoms with Crippen LogP contribution in [0.2, 0.25) is 0 Å². The summed E-state index contributed by atoms with van der Waals surface area (Å²) in [7, 11) is 0. The molecule has 0 aromatic heterocycles. The van der Waals surface area contributed by atoms with Gasteiger partial charge < -0.3 is 4.74 Å². The van der Waals surface area contributed by atoms with E-state index in [9.17, 15) is 4.79 Å². The molecule has 21 heavy (non-hydrogen) atoms. The van der Waals surface area contributed by atoms with Crippen molar-refractivity contribution in [1.29, 1.82) is 0 Å². The van der Waals surface area contributed by atoms with E-state index in [1.807, 2.05) is 48.5 Å². The van der Waals surface area contributed by atoms with Gasteiger partial charge in [-0.1, -0.05) is 60.7 Å². The van der Waals surface area contributed by atoms with Gasteiger partial charge in [-0.15, -0.1) is 0 Å². The van der Waals surface area contributed by atoms with E-state index in [1.165, 1.54) is 5.56 Å². The molecule has 3 rings (SSSR count). The molecule has 0 unspecified atom stereocenters. The van der Waals surface area contributed by atoms with Crippen LogP contribution in [0.3, 0.4) is 0 Å². The Morgan fingerprint density at radius 1 is 0.952 bits per heavy atom. The van der Waals surface area contributed by atoms with Crippen LogP contribution >= 0.6 is 0 Å². The van der Waals surface area contributed by atoms with Crippen LogP contribution in [0.5, 0.6) is 0 Å². The normalized spacial score (nSPS) is 18.0. The summed E-state index contributed by atoms with van der Waals surface area (Å²) >= 11 is 0. The molecule has 2 heteroatoms. The van der Waals surface area contributed by atoms with Crippen molar-refractivity contribution in [3.63, 3.8) is 0 Å². The zero-order chi connectivity index (χ0) is 14.5. The van der Waals surface area contributed by atoms with Crippen molar-refractivity contribution in [1.82, 2.24) is 0 Å². The lowest BCUT2D eigenvalue weighted by atomic mass is 10.00. The molecule has 0 saturated heterocycles. The van der Waals surface area contributed by atoms with Crippen molar-refractivity contribution in [3.8, 4) is 0 Å². The molecule has 1 aliphatic heterocycles. The van der Waals surface area contributed by atoms with Crippen molar-refractivity contribution in [2.24, 2.45) is 0 Å². The van der Waals surface area contributed by atoms with Gasteiger partial charge in [-0.25, -0.2) is 0 Å². The Morgan fingerprint density at radius 3 is 2.33 bits per heavy atom. The van der Waals surface area contributed by atoms with E-state index in [0.717, 1.165) is 18.4 Å². The fourth-order valence-corrected chi connectivity index (χ4v) is 2.57. The average Bonchev–Trinajstić information content (AvgIpc) is 2.54. The molecular weight excluding hydrogens is 260 g/mol. The van der Waals surface area contributed by atoms with Crippen LogP contribution in [-0.4, -0.2) is 11.9 Å². The highest BCUT2D eigenvalue weighted by molar-refractivity contribution is 5.97. The first-order valence-electron chi connectivity index (χ1n) is 7.32. The summed E-state index contributed by atoms with van der Waals surface area (Å²) in [5.74, 6) is 0.850. The van der Waals surface area contributed by atoms with Gasteiger partial charge in [0.25, 0.3) is 0 Å². The van der Waals surface area contributed by atoms with Crippen LogP contribution in [0, 0.1) is 0 Å². The fraction of sp³-hybridized carbons (Fsp3) is 0.211. The number of aryl methyl sites for hydroxylation is 1. The van der Waals surface area contributed by atoms with Gasteiger partial charge in [-0.05, 0) is 18.4 Å². The summed E-state index contributed by atoms with van der Waals surface area (Å²) in [5, 5.41) is 0. The van der Waals surface area contributed by atoms with Crippen molar-refractivity contribution >= 4 is 11.5 Å². The van der Waals surface area contributed by atoms with E-state index in [0.29, 0.717) is 12.2 Å².